The molecule has 0 aliphatic heterocycles. The Labute approximate surface area is 220 Å². The standard InChI is InChI=1S/C2H8N2.4C2H4O2.2Na.Sr.2H/c3-1-2-4;4*1-2(3)4;;;;;/h1-4H2;4*1H3,(H,3,4);;;;;/q;;;;;2*+1;;2*-1. The van der Waals surface area contributed by atoms with Gasteiger partial charge in [-0.25, -0.2) is 0 Å². The Bertz CT molecular complexity index is 215. The van der Waals surface area contributed by atoms with Crippen LogP contribution in [0.25, 0.3) is 0 Å². The molecule has 0 amide bonds. The van der Waals surface area contributed by atoms with E-state index in [0.29, 0.717) is 13.1 Å². The fraction of sp³-hybridized carbons (Fsp3) is 0.600. The molecule has 0 spiro atoms. The smallest absolute Gasteiger partial charge is 1.00 e. The van der Waals surface area contributed by atoms with Crippen LogP contribution in [0.4, 0.5) is 0 Å². The maximum Gasteiger partial charge on any atom is 1.00 e. The van der Waals surface area contributed by atoms with E-state index < -0.39 is 23.9 Å². The Morgan fingerprint density at radius 1 is 0.652 bits per heavy atom. The maximum absolute atomic E-state index is 9.00. The topological polar surface area (TPSA) is 201 Å². The van der Waals surface area contributed by atoms with Gasteiger partial charge in [0, 0.05) is 86.3 Å². The molecule has 0 aliphatic carbocycles. The normalized spacial score (nSPS) is 5.65. The van der Waals surface area contributed by atoms with Gasteiger partial charge in [-0.3, -0.25) is 19.2 Å². The fourth-order valence-corrected chi connectivity index (χ4v) is 0. The Morgan fingerprint density at radius 2 is 0.696 bits per heavy atom. The molecule has 0 atom stereocenters. The first-order valence-electron chi connectivity index (χ1n) is 5.03. The zero-order valence-electron chi connectivity index (χ0n) is 16.7. The summed E-state index contributed by atoms with van der Waals surface area (Å²) in [6, 6.07) is 0. The van der Waals surface area contributed by atoms with E-state index in [1.165, 1.54) is 0 Å². The van der Waals surface area contributed by atoms with E-state index >= 15 is 0 Å². The summed E-state index contributed by atoms with van der Waals surface area (Å²) in [5, 5.41) is 29.7. The zero-order chi connectivity index (χ0) is 17.7. The molecule has 0 aromatic rings. The van der Waals surface area contributed by atoms with Gasteiger partial charge in [0.2, 0.25) is 0 Å². The molecule has 0 saturated heterocycles. The molecule has 0 aromatic heterocycles. The number of carboxylic acid groups (broad SMARTS) is 4. The second-order valence-electron chi connectivity index (χ2n) is 2.65. The summed E-state index contributed by atoms with van der Waals surface area (Å²) in [4.78, 5) is 36.0. The molecule has 23 heavy (non-hydrogen) atoms. The Balaban J connectivity index is -0.0000000134. The van der Waals surface area contributed by atoms with Gasteiger partial charge < -0.3 is 34.7 Å². The van der Waals surface area contributed by atoms with Crippen LogP contribution in [0, 0.1) is 0 Å². The molecule has 0 aliphatic rings. The van der Waals surface area contributed by atoms with Crippen molar-refractivity contribution in [3.05, 3.63) is 0 Å². The minimum Gasteiger partial charge on any atom is -1.00 e. The average molecular weight is 436 g/mol. The molecule has 13 heteroatoms. The van der Waals surface area contributed by atoms with Crippen LogP contribution in [-0.2, 0) is 19.2 Å². The van der Waals surface area contributed by atoms with Crippen LogP contribution in [0.5, 0.6) is 0 Å². The van der Waals surface area contributed by atoms with Gasteiger partial charge in [-0.2, -0.15) is 0 Å². The summed E-state index contributed by atoms with van der Waals surface area (Å²) in [6.07, 6.45) is 0. The van der Waals surface area contributed by atoms with E-state index in [1.54, 1.807) is 0 Å². The minimum absolute atomic E-state index is 0. The number of carboxylic acids is 4. The molecule has 10 nitrogen and oxygen atoms in total. The van der Waals surface area contributed by atoms with Crippen LogP contribution >= 0.6 is 0 Å². The minimum atomic E-state index is -0.833. The van der Waals surface area contributed by atoms with Crippen molar-refractivity contribution in [1.82, 2.24) is 0 Å². The van der Waals surface area contributed by atoms with E-state index in [2.05, 4.69) is 0 Å². The number of hydrogen-bond acceptors (Lipinski definition) is 6. The summed E-state index contributed by atoms with van der Waals surface area (Å²) in [5.41, 5.74) is 9.81. The van der Waals surface area contributed by atoms with Crippen molar-refractivity contribution in [1.29, 1.82) is 0 Å². The number of aliphatic carboxylic acids is 4. The van der Waals surface area contributed by atoms with Crippen LogP contribution in [0.1, 0.15) is 30.5 Å². The molecule has 128 valence electrons. The maximum atomic E-state index is 9.00. The first kappa shape index (κ1) is 49.6. The summed E-state index contributed by atoms with van der Waals surface area (Å²) in [5.74, 6) is -3.33. The van der Waals surface area contributed by atoms with Crippen LogP contribution < -0.4 is 70.6 Å². The second-order valence-corrected chi connectivity index (χ2v) is 2.65. The second kappa shape index (κ2) is 49.5. The van der Waals surface area contributed by atoms with Crippen molar-refractivity contribution in [2.24, 2.45) is 11.5 Å². The van der Waals surface area contributed by atoms with E-state index in [1.807, 2.05) is 0 Å². The molecular formula is C10H26N2Na2O8Sr. The van der Waals surface area contributed by atoms with Gasteiger partial charge in [0.15, 0.2) is 0 Å². The predicted octanol–water partition coefficient (Wildman–Crippen LogP) is -6.88. The largest absolute Gasteiger partial charge is 1.00 e. The molecule has 8 N–H and O–H groups in total. The van der Waals surface area contributed by atoms with E-state index in [0.717, 1.165) is 27.7 Å². The summed E-state index contributed by atoms with van der Waals surface area (Å²) in [7, 11) is 0. The van der Waals surface area contributed by atoms with Crippen molar-refractivity contribution in [2.45, 2.75) is 27.7 Å². The third-order valence-corrected chi connectivity index (χ3v) is 0.167. The van der Waals surface area contributed by atoms with Gasteiger partial charge in [-0.15, -0.1) is 0 Å². The fourth-order valence-electron chi connectivity index (χ4n) is 0. The first-order chi connectivity index (χ1) is 8.84. The molecule has 0 unspecified atom stereocenters. The van der Waals surface area contributed by atoms with E-state index in [4.69, 9.17) is 51.1 Å². The monoisotopic (exact) mass is 436 g/mol. The summed E-state index contributed by atoms with van der Waals surface area (Å²) < 4.78 is 0. The SMILES string of the molecule is CC(=O)O.CC(=O)O.CC(=O)O.CC(=O)O.NCCN.[H-].[H-].[Na+].[Na+].[Sr]. The van der Waals surface area contributed by atoms with Crippen molar-refractivity contribution in [2.75, 3.05) is 13.1 Å². The predicted molar refractivity (Wildman–Crippen MR) is 79.3 cm³/mol. The van der Waals surface area contributed by atoms with Gasteiger partial charge in [0.05, 0.1) is 0 Å². The van der Waals surface area contributed by atoms with Crippen molar-refractivity contribution in [3.63, 3.8) is 0 Å². The number of nitrogens with two attached hydrogens (primary N) is 2. The van der Waals surface area contributed by atoms with Gasteiger partial charge in [0.1, 0.15) is 0 Å². The van der Waals surface area contributed by atoms with Gasteiger partial charge in [-0.05, 0) is 0 Å². The summed E-state index contributed by atoms with van der Waals surface area (Å²) in [6.45, 7) is 5.53. The number of carbonyl (C=O) groups is 4. The molecule has 0 rings (SSSR count). The Hall–Kier alpha value is 1.28. The van der Waals surface area contributed by atoms with Crippen LogP contribution in [0.15, 0.2) is 0 Å². The van der Waals surface area contributed by atoms with Crippen molar-refractivity contribution in [3.8, 4) is 0 Å². The van der Waals surface area contributed by atoms with Gasteiger partial charge in [0.25, 0.3) is 23.9 Å². The molecule has 2 radical (unpaired) electrons. The summed E-state index contributed by atoms with van der Waals surface area (Å²) >= 11 is 0. The zero-order valence-corrected chi connectivity index (χ0v) is 22.2. The molecule has 0 bridgehead atoms. The van der Waals surface area contributed by atoms with Crippen molar-refractivity contribution >= 4 is 69.4 Å². The van der Waals surface area contributed by atoms with Gasteiger partial charge in [-0.1, -0.05) is 0 Å². The Kier molecular flexibility index (Phi) is 107. The van der Waals surface area contributed by atoms with E-state index in [9.17, 15) is 0 Å². The molecule has 0 saturated carbocycles. The molecular weight excluding hydrogens is 410 g/mol. The third-order valence-electron chi connectivity index (χ3n) is 0.167. The third kappa shape index (κ3) is 2030. The van der Waals surface area contributed by atoms with Crippen LogP contribution in [0.2, 0.25) is 0 Å². The quantitative estimate of drug-likeness (QED) is 0.215. The van der Waals surface area contributed by atoms with Crippen LogP contribution in [-0.4, -0.2) is 103 Å². The van der Waals surface area contributed by atoms with Crippen LogP contribution in [0.3, 0.4) is 0 Å². The van der Waals surface area contributed by atoms with Crippen molar-refractivity contribution < 1.29 is 102 Å². The molecule has 0 fully saturated rings. The number of hydrogen-bond donors (Lipinski definition) is 6. The molecule has 0 aromatic carbocycles. The molecule has 0 heterocycles. The number of rotatable bonds is 1. The van der Waals surface area contributed by atoms with Gasteiger partial charge >= 0.3 is 59.1 Å². The Morgan fingerprint density at radius 3 is 0.696 bits per heavy atom. The average Bonchev–Trinajstić information content (AvgIpc) is 2.13. The van der Waals surface area contributed by atoms with E-state index in [-0.39, 0.29) is 107 Å². The first-order valence-corrected chi connectivity index (χ1v) is 5.03.